The topological polar surface area (TPSA) is 80.8 Å². The van der Waals surface area contributed by atoms with E-state index in [4.69, 9.17) is 4.74 Å². The summed E-state index contributed by atoms with van der Waals surface area (Å²) in [5.41, 5.74) is 3.50. The number of benzene rings is 1. The monoisotopic (exact) mass is 385 g/mol. The third-order valence-corrected chi connectivity index (χ3v) is 5.98. The summed E-state index contributed by atoms with van der Waals surface area (Å²) in [7, 11) is 0. The number of likely N-dealkylation sites (tertiary alicyclic amines) is 1. The Hall–Kier alpha value is -2.50. The number of fused-ring (bicyclic) bond motifs is 1. The number of Topliss-reactive ketones (excluding diaryl/α,β-unsaturated/α-hetero) is 1. The average Bonchev–Trinajstić information content (AvgIpc) is 2.92. The number of imide groups is 1. The van der Waals surface area contributed by atoms with Crippen LogP contribution in [0.3, 0.4) is 0 Å². The molecule has 2 atom stereocenters. The number of nitrogens with zero attached hydrogens (tertiary/aromatic N) is 1. The number of amides is 2. The van der Waals surface area contributed by atoms with Gasteiger partial charge in [0.2, 0.25) is 17.6 Å². The highest BCUT2D eigenvalue weighted by Crippen LogP contribution is 2.37. The van der Waals surface area contributed by atoms with E-state index >= 15 is 0 Å². The van der Waals surface area contributed by atoms with Gasteiger partial charge >= 0.3 is 5.97 Å². The van der Waals surface area contributed by atoms with Gasteiger partial charge < -0.3 is 4.74 Å². The molecule has 2 fully saturated rings. The lowest BCUT2D eigenvalue weighted by Crippen LogP contribution is -2.33. The summed E-state index contributed by atoms with van der Waals surface area (Å²) in [6, 6.07) is 3.75. The molecule has 6 nitrogen and oxygen atoms in total. The molecule has 150 valence electrons. The van der Waals surface area contributed by atoms with Crippen LogP contribution in [0.2, 0.25) is 0 Å². The number of rotatable bonds is 6. The Labute approximate surface area is 165 Å². The average molecular weight is 385 g/mol. The zero-order valence-electron chi connectivity index (χ0n) is 16.7. The first kappa shape index (κ1) is 20.2. The minimum Gasteiger partial charge on any atom is -0.457 e. The molecule has 0 aromatic heterocycles. The first-order valence-corrected chi connectivity index (χ1v) is 9.91. The molecule has 2 amide bonds. The van der Waals surface area contributed by atoms with Crippen LogP contribution in [-0.2, 0) is 19.1 Å². The quantitative estimate of drug-likeness (QED) is 0.427. The highest BCUT2D eigenvalue weighted by atomic mass is 16.5. The van der Waals surface area contributed by atoms with Gasteiger partial charge in [-0.3, -0.25) is 24.1 Å². The van der Waals surface area contributed by atoms with Crippen molar-refractivity contribution < 1.29 is 23.9 Å². The van der Waals surface area contributed by atoms with E-state index in [0.717, 1.165) is 42.4 Å². The van der Waals surface area contributed by atoms with E-state index in [1.165, 1.54) is 4.90 Å². The number of ketones is 1. The largest absolute Gasteiger partial charge is 0.457 e. The summed E-state index contributed by atoms with van der Waals surface area (Å²) in [5, 5.41) is 0. The zero-order valence-corrected chi connectivity index (χ0v) is 16.7. The third-order valence-electron chi connectivity index (χ3n) is 5.98. The first-order chi connectivity index (χ1) is 13.3. The molecule has 1 aromatic carbocycles. The van der Waals surface area contributed by atoms with Crippen LogP contribution in [0.1, 0.15) is 59.2 Å². The van der Waals surface area contributed by atoms with Gasteiger partial charge in [-0.15, -0.1) is 0 Å². The molecule has 0 bridgehead atoms. The molecule has 0 N–H and O–H groups in total. The highest BCUT2D eigenvalue weighted by Gasteiger charge is 2.47. The Morgan fingerprint density at radius 2 is 1.54 bits per heavy atom. The molecule has 1 saturated heterocycles. The second-order valence-electron chi connectivity index (χ2n) is 7.91. The standard InChI is InChI=1S/C22H27NO5/c1-13-10-15(3)18(11-14(13)2)19(24)12-28-20(25)8-9-23-21(26)16-6-4-5-7-17(16)22(23)27/h10-11,16-17H,4-9,12H2,1-3H3/t16-,17-/m0/s1. The van der Waals surface area contributed by atoms with E-state index < -0.39 is 5.97 Å². The van der Waals surface area contributed by atoms with Crippen molar-refractivity contribution in [1.29, 1.82) is 0 Å². The molecule has 1 aliphatic heterocycles. The summed E-state index contributed by atoms with van der Waals surface area (Å²) < 4.78 is 5.09. The number of hydrogen-bond acceptors (Lipinski definition) is 5. The van der Waals surface area contributed by atoms with Crippen molar-refractivity contribution in [2.75, 3.05) is 13.2 Å². The van der Waals surface area contributed by atoms with Crippen LogP contribution in [0.25, 0.3) is 0 Å². The molecule has 6 heteroatoms. The van der Waals surface area contributed by atoms with Crippen LogP contribution in [0, 0.1) is 32.6 Å². The van der Waals surface area contributed by atoms with Crippen molar-refractivity contribution in [2.24, 2.45) is 11.8 Å². The van der Waals surface area contributed by atoms with Crippen LogP contribution >= 0.6 is 0 Å². The molecule has 28 heavy (non-hydrogen) atoms. The number of carbonyl (C=O) groups excluding carboxylic acids is 4. The number of carbonyl (C=O) groups is 4. The fourth-order valence-electron chi connectivity index (χ4n) is 4.21. The summed E-state index contributed by atoms with van der Waals surface area (Å²) >= 11 is 0. The number of esters is 1. The lowest BCUT2D eigenvalue weighted by atomic mass is 9.81. The van der Waals surface area contributed by atoms with Crippen molar-refractivity contribution in [3.63, 3.8) is 0 Å². The molecule has 1 aliphatic carbocycles. The Bertz CT molecular complexity index is 804. The number of hydrogen-bond donors (Lipinski definition) is 0. The van der Waals surface area contributed by atoms with Gasteiger partial charge in [-0.2, -0.15) is 0 Å². The van der Waals surface area contributed by atoms with Gasteiger partial charge in [-0.1, -0.05) is 18.9 Å². The lowest BCUT2D eigenvalue weighted by Gasteiger charge is -2.19. The van der Waals surface area contributed by atoms with Crippen LogP contribution < -0.4 is 0 Å². The molecule has 0 radical (unpaired) electrons. The van der Waals surface area contributed by atoms with Gasteiger partial charge in [0, 0.05) is 12.1 Å². The van der Waals surface area contributed by atoms with Crippen LogP contribution in [0.4, 0.5) is 0 Å². The summed E-state index contributed by atoms with van der Waals surface area (Å²) in [5.74, 6) is -1.59. The van der Waals surface area contributed by atoms with Gasteiger partial charge in [0.1, 0.15) is 0 Å². The maximum atomic E-state index is 12.4. The number of aryl methyl sites for hydroxylation is 3. The highest BCUT2D eigenvalue weighted by molar-refractivity contribution is 6.05. The van der Waals surface area contributed by atoms with E-state index in [-0.39, 0.29) is 49.0 Å². The minimum absolute atomic E-state index is 0.0281. The summed E-state index contributed by atoms with van der Waals surface area (Å²) in [6.07, 6.45) is 3.35. The maximum Gasteiger partial charge on any atom is 0.308 e. The van der Waals surface area contributed by atoms with E-state index in [9.17, 15) is 19.2 Å². The van der Waals surface area contributed by atoms with Gasteiger partial charge in [0.15, 0.2) is 6.61 Å². The maximum absolute atomic E-state index is 12.4. The van der Waals surface area contributed by atoms with Crippen molar-refractivity contribution in [3.05, 3.63) is 34.4 Å². The van der Waals surface area contributed by atoms with Crippen LogP contribution in [0.15, 0.2) is 12.1 Å². The Kier molecular flexibility index (Phi) is 5.96. The molecular weight excluding hydrogens is 358 g/mol. The Morgan fingerprint density at radius 1 is 0.964 bits per heavy atom. The third kappa shape index (κ3) is 4.01. The molecule has 2 aliphatic rings. The molecular formula is C22H27NO5. The lowest BCUT2D eigenvalue weighted by molar-refractivity contribution is -0.145. The normalized spacial score (nSPS) is 21.6. The SMILES string of the molecule is Cc1cc(C)c(C(=O)COC(=O)CCN2C(=O)[C@H]3CCCC[C@@H]3C2=O)cc1C. The van der Waals surface area contributed by atoms with Crippen molar-refractivity contribution >= 4 is 23.6 Å². The van der Waals surface area contributed by atoms with E-state index in [2.05, 4.69) is 0 Å². The van der Waals surface area contributed by atoms with Crippen molar-refractivity contribution in [2.45, 2.75) is 52.9 Å². The molecule has 1 heterocycles. The van der Waals surface area contributed by atoms with Gasteiger partial charge in [0.05, 0.1) is 18.3 Å². The molecule has 1 aromatic rings. The van der Waals surface area contributed by atoms with Crippen molar-refractivity contribution in [1.82, 2.24) is 4.90 Å². The van der Waals surface area contributed by atoms with Gasteiger partial charge in [-0.25, -0.2) is 0 Å². The van der Waals surface area contributed by atoms with Gasteiger partial charge in [-0.05, 0) is 56.4 Å². The van der Waals surface area contributed by atoms with Gasteiger partial charge in [0.25, 0.3) is 0 Å². The smallest absolute Gasteiger partial charge is 0.308 e. The zero-order chi connectivity index (χ0) is 20.4. The van der Waals surface area contributed by atoms with E-state index in [0.29, 0.717) is 5.56 Å². The predicted molar refractivity (Wildman–Crippen MR) is 103 cm³/mol. The first-order valence-electron chi connectivity index (χ1n) is 9.91. The Balaban J connectivity index is 1.51. The van der Waals surface area contributed by atoms with Crippen LogP contribution in [0.5, 0.6) is 0 Å². The van der Waals surface area contributed by atoms with Crippen molar-refractivity contribution in [3.8, 4) is 0 Å². The summed E-state index contributed by atoms with van der Waals surface area (Å²) in [6.45, 7) is 5.45. The molecule has 0 spiro atoms. The molecule has 0 unspecified atom stereocenters. The van der Waals surface area contributed by atoms with E-state index in [1.54, 1.807) is 0 Å². The minimum atomic E-state index is -0.578. The second kappa shape index (κ2) is 8.25. The second-order valence-corrected chi connectivity index (χ2v) is 7.91. The molecule has 1 saturated carbocycles. The fraction of sp³-hybridized carbons (Fsp3) is 0.545. The number of ether oxygens (including phenoxy) is 1. The predicted octanol–water partition coefficient (Wildman–Crippen LogP) is 2.90. The fourth-order valence-corrected chi connectivity index (χ4v) is 4.21. The molecule has 3 rings (SSSR count). The Morgan fingerprint density at radius 3 is 2.14 bits per heavy atom. The summed E-state index contributed by atoms with van der Waals surface area (Å²) in [4.78, 5) is 50.4. The van der Waals surface area contributed by atoms with E-state index in [1.807, 2.05) is 32.9 Å². The van der Waals surface area contributed by atoms with Crippen LogP contribution in [-0.4, -0.2) is 41.6 Å².